The van der Waals surface area contributed by atoms with Crippen LogP contribution in [0.2, 0.25) is 0 Å². The summed E-state index contributed by atoms with van der Waals surface area (Å²) in [6, 6.07) is 19.4. The fourth-order valence-electron chi connectivity index (χ4n) is 3.81. The van der Waals surface area contributed by atoms with Crippen molar-refractivity contribution in [3.05, 3.63) is 77.9 Å². The van der Waals surface area contributed by atoms with E-state index in [0.29, 0.717) is 30.2 Å². The molecule has 1 aliphatic heterocycles. The SMILES string of the molecule is COc1ccc(C2CC(=O)N(c3ccc(S(N)(=O)=O)cc3)C2)cc1Oc1ccccc1C. The Bertz CT molecular complexity index is 1260. The number of amides is 1. The topological polar surface area (TPSA) is 98.9 Å². The molecule has 7 nitrogen and oxygen atoms in total. The fraction of sp³-hybridized carbons (Fsp3) is 0.208. The zero-order valence-electron chi connectivity index (χ0n) is 17.8. The lowest BCUT2D eigenvalue weighted by molar-refractivity contribution is -0.117. The minimum Gasteiger partial charge on any atom is -0.493 e. The molecule has 0 aliphatic carbocycles. The monoisotopic (exact) mass is 452 g/mol. The summed E-state index contributed by atoms with van der Waals surface area (Å²) in [7, 11) is -2.19. The Labute approximate surface area is 187 Å². The molecular formula is C24H24N2O5S. The van der Waals surface area contributed by atoms with Gasteiger partial charge in [0.2, 0.25) is 15.9 Å². The summed E-state index contributed by atoms with van der Waals surface area (Å²) in [6.45, 7) is 2.45. The van der Waals surface area contributed by atoms with Crippen molar-refractivity contribution < 1.29 is 22.7 Å². The van der Waals surface area contributed by atoms with Crippen LogP contribution in [0.5, 0.6) is 17.2 Å². The second-order valence-electron chi connectivity index (χ2n) is 7.72. The van der Waals surface area contributed by atoms with Gasteiger partial charge in [-0.25, -0.2) is 13.6 Å². The van der Waals surface area contributed by atoms with Crippen LogP contribution in [0.25, 0.3) is 0 Å². The number of nitrogens with zero attached hydrogens (tertiary/aromatic N) is 1. The maximum Gasteiger partial charge on any atom is 0.238 e. The van der Waals surface area contributed by atoms with Crippen LogP contribution in [0.15, 0.2) is 71.6 Å². The summed E-state index contributed by atoms with van der Waals surface area (Å²) in [5, 5.41) is 5.16. The zero-order chi connectivity index (χ0) is 22.9. The van der Waals surface area contributed by atoms with Crippen molar-refractivity contribution in [2.24, 2.45) is 5.14 Å². The molecule has 3 aromatic rings. The van der Waals surface area contributed by atoms with Crippen LogP contribution in [0.1, 0.15) is 23.5 Å². The van der Waals surface area contributed by atoms with Crippen molar-refractivity contribution in [1.82, 2.24) is 0 Å². The van der Waals surface area contributed by atoms with E-state index in [-0.39, 0.29) is 16.7 Å². The third kappa shape index (κ3) is 4.46. The van der Waals surface area contributed by atoms with Gasteiger partial charge in [0.15, 0.2) is 11.5 Å². The molecule has 1 atom stereocenters. The highest BCUT2D eigenvalue weighted by molar-refractivity contribution is 7.89. The number of rotatable bonds is 6. The first-order valence-corrected chi connectivity index (χ1v) is 11.7. The molecule has 1 fully saturated rings. The number of benzene rings is 3. The van der Waals surface area contributed by atoms with Crippen molar-refractivity contribution in [2.75, 3.05) is 18.6 Å². The van der Waals surface area contributed by atoms with Crippen LogP contribution in [0.3, 0.4) is 0 Å². The summed E-state index contributed by atoms with van der Waals surface area (Å²) in [4.78, 5) is 14.4. The van der Waals surface area contributed by atoms with Gasteiger partial charge >= 0.3 is 0 Å². The van der Waals surface area contributed by atoms with Crippen LogP contribution in [-0.4, -0.2) is 28.0 Å². The van der Waals surface area contributed by atoms with E-state index in [1.165, 1.54) is 12.1 Å². The highest BCUT2D eigenvalue weighted by Crippen LogP contribution is 2.38. The molecule has 32 heavy (non-hydrogen) atoms. The highest BCUT2D eigenvalue weighted by Gasteiger charge is 2.32. The van der Waals surface area contributed by atoms with Gasteiger partial charge in [-0.2, -0.15) is 0 Å². The highest BCUT2D eigenvalue weighted by atomic mass is 32.2. The lowest BCUT2D eigenvalue weighted by Crippen LogP contribution is -2.24. The van der Waals surface area contributed by atoms with Crippen LogP contribution in [-0.2, 0) is 14.8 Å². The Kier molecular flexibility index (Phi) is 5.90. The number of para-hydroxylation sites is 1. The molecule has 0 bridgehead atoms. The number of nitrogens with two attached hydrogens (primary N) is 1. The van der Waals surface area contributed by atoms with E-state index in [1.54, 1.807) is 24.1 Å². The molecular weight excluding hydrogens is 428 g/mol. The van der Waals surface area contributed by atoms with Crippen LogP contribution >= 0.6 is 0 Å². The molecule has 1 saturated heterocycles. The number of ether oxygens (including phenoxy) is 2. The Morgan fingerprint density at radius 1 is 0.969 bits per heavy atom. The Morgan fingerprint density at radius 3 is 2.34 bits per heavy atom. The van der Waals surface area contributed by atoms with E-state index in [0.717, 1.165) is 16.9 Å². The number of hydrogen-bond donors (Lipinski definition) is 1. The molecule has 0 radical (unpaired) electrons. The molecule has 1 aliphatic rings. The normalized spacial score (nSPS) is 16.3. The maximum absolute atomic E-state index is 12.7. The minimum absolute atomic E-state index is 0.0117. The average Bonchev–Trinajstić information content (AvgIpc) is 3.16. The van der Waals surface area contributed by atoms with Crippen molar-refractivity contribution in [3.8, 4) is 17.2 Å². The molecule has 3 aromatic carbocycles. The number of hydrogen-bond acceptors (Lipinski definition) is 5. The molecule has 2 N–H and O–H groups in total. The Balaban J connectivity index is 1.58. The lowest BCUT2D eigenvalue weighted by Gasteiger charge is -2.18. The Morgan fingerprint density at radius 2 is 1.69 bits per heavy atom. The van der Waals surface area contributed by atoms with Crippen molar-refractivity contribution in [1.29, 1.82) is 0 Å². The molecule has 4 rings (SSSR count). The van der Waals surface area contributed by atoms with Gasteiger partial charge in [-0.1, -0.05) is 24.3 Å². The summed E-state index contributed by atoms with van der Waals surface area (Å²) < 4.78 is 34.5. The summed E-state index contributed by atoms with van der Waals surface area (Å²) in [5.74, 6) is 1.86. The van der Waals surface area contributed by atoms with E-state index in [9.17, 15) is 13.2 Å². The molecule has 1 heterocycles. The standard InChI is InChI=1S/C24H24N2O5S/c1-16-5-3-4-6-21(16)31-23-13-17(7-12-22(23)30-2)18-14-24(27)26(15-18)19-8-10-20(11-9-19)32(25,28)29/h3-13,18H,14-15H2,1-2H3,(H2,25,28,29). The van der Waals surface area contributed by atoms with E-state index in [4.69, 9.17) is 14.6 Å². The summed E-state index contributed by atoms with van der Waals surface area (Å²) >= 11 is 0. The van der Waals surface area contributed by atoms with Gasteiger partial charge in [-0.05, 0) is 60.5 Å². The lowest BCUT2D eigenvalue weighted by atomic mass is 9.98. The summed E-state index contributed by atoms with van der Waals surface area (Å²) in [5.41, 5.74) is 2.60. The van der Waals surface area contributed by atoms with Crippen molar-refractivity contribution in [3.63, 3.8) is 0 Å². The first-order valence-electron chi connectivity index (χ1n) is 10.1. The molecule has 8 heteroatoms. The maximum atomic E-state index is 12.7. The van der Waals surface area contributed by atoms with Crippen molar-refractivity contribution in [2.45, 2.75) is 24.2 Å². The number of anilines is 1. The van der Waals surface area contributed by atoms with Gasteiger partial charge in [0.1, 0.15) is 5.75 Å². The number of sulfonamides is 1. The first kappa shape index (κ1) is 21.9. The van der Waals surface area contributed by atoms with Gasteiger partial charge in [-0.15, -0.1) is 0 Å². The molecule has 0 spiro atoms. The van der Waals surface area contributed by atoms with E-state index in [1.807, 2.05) is 49.4 Å². The second-order valence-corrected chi connectivity index (χ2v) is 9.28. The summed E-state index contributed by atoms with van der Waals surface area (Å²) in [6.07, 6.45) is 0.340. The van der Waals surface area contributed by atoms with Crippen LogP contribution in [0, 0.1) is 6.92 Å². The van der Waals surface area contributed by atoms with Gasteiger partial charge in [-0.3, -0.25) is 4.79 Å². The number of carbonyl (C=O) groups excluding carboxylic acids is 1. The molecule has 0 aromatic heterocycles. The van der Waals surface area contributed by atoms with Crippen LogP contribution in [0.4, 0.5) is 5.69 Å². The predicted molar refractivity (Wildman–Crippen MR) is 122 cm³/mol. The molecule has 166 valence electrons. The predicted octanol–water partition coefficient (Wildman–Crippen LogP) is 3.96. The van der Waals surface area contributed by atoms with Gasteiger partial charge in [0, 0.05) is 24.6 Å². The number of aryl methyl sites for hydroxylation is 1. The number of carbonyl (C=O) groups is 1. The van der Waals surface area contributed by atoms with Gasteiger partial charge in [0.05, 0.1) is 12.0 Å². The quantitative estimate of drug-likeness (QED) is 0.610. The third-order valence-electron chi connectivity index (χ3n) is 5.57. The van der Waals surface area contributed by atoms with E-state index in [2.05, 4.69) is 0 Å². The zero-order valence-corrected chi connectivity index (χ0v) is 18.6. The minimum atomic E-state index is -3.78. The van der Waals surface area contributed by atoms with Gasteiger partial charge < -0.3 is 14.4 Å². The number of primary sulfonamides is 1. The van der Waals surface area contributed by atoms with E-state index < -0.39 is 10.0 Å². The first-order chi connectivity index (χ1) is 15.3. The Hall–Kier alpha value is -3.36. The molecule has 1 amide bonds. The van der Waals surface area contributed by atoms with Crippen molar-refractivity contribution >= 4 is 21.6 Å². The number of methoxy groups -OCH3 is 1. The third-order valence-corrected chi connectivity index (χ3v) is 6.50. The molecule has 1 unspecified atom stereocenters. The largest absolute Gasteiger partial charge is 0.493 e. The average molecular weight is 453 g/mol. The fourth-order valence-corrected chi connectivity index (χ4v) is 4.33. The van der Waals surface area contributed by atoms with E-state index >= 15 is 0 Å². The second kappa shape index (κ2) is 8.64. The smallest absolute Gasteiger partial charge is 0.238 e. The van der Waals surface area contributed by atoms with Crippen LogP contribution < -0.4 is 19.5 Å². The molecule has 0 saturated carbocycles. The van der Waals surface area contributed by atoms with Gasteiger partial charge in [0.25, 0.3) is 0 Å².